The number of hydrogen-bond acceptors (Lipinski definition) is 5. The van der Waals surface area contributed by atoms with Crippen LogP contribution >= 0.6 is 35.4 Å². The third kappa shape index (κ3) is 8.32. The standard InChI is InChI=1S/C28H30Cl2N2O3S.C6H16OSi/c1-6-16(2)25-28(21(14-23(36)31-25)17-8-7-9-18(29)12-17)20-11-10-19(30)13-22(20)32(26(28)34)15-24(33)35-27(3,4)5;1-7-5-6-8(2,3)4/h7-13,21,25H,2,6,14-15H2,1,3-5H3,(H,31,36);5-6H2,1-4H3/t21-,25+,28-;/m0./s1. The molecule has 0 saturated carbocycles. The van der Waals surface area contributed by atoms with Gasteiger partial charge in [0.15, 0.2) is 0 Å². The lowest BCUT2D eigenvalue weighted by Gasteiger charge is -2.48. The average Bonchev–Trinajstić information content (AvgIpc) is 3.14. The molecule has 2 aliphatic rings. The molecule has 0 radical (unpaired) electrons. The van der Waals surface area contributed by atoms with E-state index in [0.717, 1.165) is 23.3 Å². The summed E-state index contributed by atoms with van der Waals surface area (Å²) in [4.78, 5) is 29.8. The minimum atomic E-state index is -1.11. The van der Waals surface area contributed by atoms with Crippen molar-refractivity contribution in [2.24, 2.45) is 0 Å². The van der Waals surface area contributed by atoms with Crippen LogP contribution in [0.5, 0.6) is 0 Å². The number of esters is 1. The summed E-state index contributed by atoms with van der Waals surface area (Å²) in [5, 5.41) is 4.46. The van der Waals surface area contributed by atoms with E-state index < -0.39 is 31.1 Å². The van der Waals surface area contributed by atoms with Gasteiger partial charge in [-0.25, -0.2) is 0 Å². The van der Waals surface area contributed by atoms with E-state index in [1.165, 1.54) is 10.9 Å². The summed E-state index contributed by atoms with van der Waals surface area (Å²) in [7, 11) is 0.961. The molecule has 6 nitrogen and oxygen atoms in total. The molecule has 240 valence electrons. The summed E-state index contributed by atoms with van der Waals surface area (Å²) in [6.45, 7) is 19.5. The minimum Gasteiger partial charge on any atom is -0.459 e. The number of nitrogens with zero attached hydrogens (tertiary/aromatic N) is 1. The van der Waals surface area contributed by atoms with Gasteiger partial charge in [0.1, 0.15) is 17.6 Å². The molecule has 1 N–H and O–H groups in total. The molecule has 1 amide bonds. The number of carbonyl (C=O) groups excluding carboxylic acids is 2. The van der Waals surface area contributed by atoms with Gasteiger partial charge in [0.25, 0.3) is 0 Å². The number of nitrogens with one attached hydrogen (secondary N) is 1. The third-order valence-corrected chi connectivity index (χ3v) is 10.3. The molecule has 1 saturated heterocycles. The van der Waals surface area contributed by atoms with Crippen molar-refractivity contribution < 1.29 is 19.1 Å². The number of hydrogen-bond donors (Lipinski definition) is 1. The maximum absolute atomic E-state index is 14.7. The average molecular weight is 678 g/mol. The minimum absolute atomic E-state index is 0.217. The highest BCUT2D eigenvalue weighted by Crippen LogP contribution is 2.56. The second-order valence-corrected chi connectivity index (χ2v) is 20.6. The number of fused-ring (bicyclic) bond motifs is 2. The first-order chi connectivity index (χ1) is 20.4. The molecule has 2 aromatic carbocycles. The number of thiocarbonyl (C=S) groups is 1. The maximum Gasteiger partial charge on any atom is 0.326 e. The highest BCUT2D eigenvalue weighted by molar-refractivity contribution is 7.80. The molecule has 2 heterocycles. The van der Waals surface area contributed by atoms with Gasteiger partial charge in [-0.15, -0.1) is 0 Å². The van der Waals surface area contributed by atoms with Gasteiger partial charge in [-0.2, -0.15) is 0 Å². The smallest absolute Gasteiger partial charge is 0.326 e. The molecule has 0 aromatic heterocycles. The maximum atomic E-state index is 14.7. The Kier molecular flexibility index (Phi) is 11.9. The van der Waals surface area contributed by atoms with Gasteiger partial charge < -0.3 is 14.8 Å². The predicted octanol–water partition coefficient (Wildman–Crippen LogP) is 8.33. The van der Waals surface area contributed by atoms with Gasteiger partial charge in [0.05, 0.1) is 16.7 Å². The zero-order valence-electron chi connectivity index (χ0n) is 27.2. The highest BCUT2D eigenvalue weighted by Gasteiger charge is 2.63. The molecule has 0 unspecified atom stereocenters. The Morgan fingerprint density at radius 1 is 1.16 bits per heavy atom. The molecule has 1 fully saturated rings. The Morgan fingerprint density at radius 3 is 2.36 bits per heavy atom. The van der Waals surface area contributed by atoms with Crippen molar-refractivity contribution in [2.75, 3.05) is 25.2 Å². The molecule has 44 heavy (non-hydrogen) atoms. The molecule has 4 rings (SSSR count). The van der Waals surface area contributed by atoms with E-state index in [-0.39, 0.29) is 18.4 Å². The number of piperidine rings is 1. The highest BCUT2D eigenvalue weighted by atomic mass is 35.5. The van der Waals surface area contributed by atoms with Crippen LogP contribution in [0.15, 0.2) is 54.6 Å². The molecular formula is C34H46Cl2N2O4SSi. The van der Waals surface area contributed by atoms with Crippen molar-refractivity contribution in [3.05, 3.63) is 75.8 Å². The fourth-order valence-corrected chi connectivity index (χ4v) is 7.29. The third-order valence-electron chi connectivity index (χ3n) is 7.87. The predicted molar refractivity (Wildman–Crippen MR) is 189 cm³/mol. The number of halogens is 2. The number of amides is 1. The van der Waals surface area contributed by atoms with Crippen LogP contribution in [-0.4, -0.2) is 56.8 Å². The van der Waals surface area contributed by atoms with Crippen LogP contribution in [0, 0.1) is 0 Å². The SMILES string of the molecule is C=C(CC)[C@H]1NC(=S)C[C@@H](c2cccc(Cl)c2)[C@]12C(=O)N(CC(=O)OC(C)(C)C)c1cc(Cl)ccc12.COCC[Si](C)(C)C. The van der Waals surface area contributed by atoms with Crippen LogP contribution in [0.3, 0.4) is 0 Å². The van der Waals surface area contributed by atoms with Crippen molar-refractivity contribution >= 4 is 66.0 Å². The molecule has 1 spiro atoms. The van der Waals surface area contributed by atoms with E-state index in [9.17, 15) is 9.59 Å². The van der Waals surface area contributed by atoms with Crippen LogP contribution in [-0.2, 0) is 24.5 Å². The summed E-state index contributed by atoms with van der Waals surface area (Å²) < 4.78 is 10.5. The molecule has 10 heteroatoms. The van der Waals surface area contributed by atoms with Crippen molar-refractivity contribution in [3.8, 4) is 0 Å². The Hall–Kier alpha value is -2.23. The lowest BCUT2D eigenvalue weighted by molar-refractivity contribution is -0.153. The van der Waals surface area contributed by atoms with Gasteiger partial charge in [0, 0.05) is 44.2 Å². The summed E-state index contributed by atoms with van der Waals surface area (Å²) in [5.41, 5.74) is 1.32. The number of rotatable bonds is 8. The van der Waals surface area contributed by atoms with Crippen molar-refractivity contribution in [2.45, 2.75) is 89.2 Å². The Bertz CT molecular complexity index is 1400. The van der Waals surface area contributed by atoms with Crippen molar-refractivity contribution in [1.82, 2.24) is 5.32 Å². The van der Waals surface area contributed by atoms with Gasteiger partial charge in [-0.05, 0) is 68.6 Å². The molecule has 0 aliphatic carbocycles. The molecule has 2 aromatic rings. The second-order valence-electron chi connectivity index (χ2n) is 13.6. The molecular weight excluding hydrogens is 631 g/mol. The number of anilines is 1. The Morgan fingerprint density at radius 2 is 1.82 bits per heavy atom. The first kappa shape index (κ1) is 36.2. The lowest BCUT2D eigenvalue weighted by atomic mass is 9.59. The molecule has 2 aliphatic heterocycles. The van der Waals surface area contributed by atoms with E-state index in [1.54, 1.807) is 46.1 Å². The summed E-state index contributed by atoms with van der Waals surface area (Å²) in [5.74, 6) is -1.05. The van der Waals surface area contributed by atoms with Gasteiger partial charge in [-0.3, -0.25) is 14.5 Å². The number of benzene rings is 2. The molecule has 0 bridgehead atoms. The topological polar surface area (TPSA) is 67.9 Å². The van der Waals surface area contributed by atoms with E-state index in [1.807, 2.05) is 31.2 Å². The van der Waals surface area contributed by atoms with Crippen LogP contribution in [0.25, 0.3) is 0 Å². The fourth-order valence-electron chi connectivity index (χ4n) is 5.82. The van der Waals surface area contributed by atoms with Crippen LogP contribution in [0.4, 0.5) is 5.69 Å². The summed E-state index contributed by atoms with van der Waals surface area (Å²) in [6, 6.07) is 13.7. The van der Waals surface area contributed by atoms with Crippen LogP contribution in [0.1, 0.15) is 57.6 Å². The quantitative estimate of drug-likeness (QED) is 0.131. The van der Waals surface area contributed by atoms with Gasteiger partial charge >= 0.3 is 5.97 Å². The van der Waals surface area contributed by atoms with Crippen LogP contribution in [0.2, 0.25) is 35.7 Å². The second kappa shape index (κ2) is 14.5. The molecule has 3 atom stereocenters. The normalized spacial score (nSPS) is 21.4. The van der Waals surface area contributed by atoms with E-state index >= 15 is 0 Å². The Balaban J connectivity index is 0.000000583. The summed E-state index contributed by atoms with van der Waals surface area (Å²) in [6.07, 6.45) is 1.09. The first-order valence-corrected chi connectivity index (χ1v) is 19.9. The van der Waals surface area contributed by atoms with Crippen LogP contribution < -0.4 is 10.2 Å². The zero-order chi connectivity index (χ0) is 33.0. The lowest BCUT2D eigenvalue weighted by Crippen LogP contribution is -2.63. The zero-order valence-corrected chi connectivity index (χ0v) is 30.5. The fraction of sp³-hybridized carbons (Fsp3) is 0.500. The van der Waals surface area contributed by atoms with Gasteiger partial charge in [-0.1, -0.05) is 92.3 Å². The number of ether oxygens (including phenoxy) is 2. The van der Waals surface area contributed by atoms with E-state index in [0.29, 0.717) is 33.6 Å². The van der Waals surface area contributed by atoms with Crippen molar-refractivity contribution in [1.29, 1.82) is 0 Å². The largest absolute Gasteiger partial charge is 0.459 e. The monoisotopic (exact) mass is 676 g/mol. The summed E-state index contributed by atoms with van der Waals surface area (Å²) >= 11 is 18.5. The number of methoxy groups -OCH3 is 1. The number of carbonyl (C=O) groups is 2. The van der Waals surface area contributed by atoms with Crippen molar-refractivity contribution in [3.63, 3.8) is 0 Å². The van der Waals surface area contributed by atoms with Gasteiger partial charge in [0.2, 0.25) is 5.91 Å². The van der Waals surface area contributed by atoms with E-state index in [2.05, 4.69) is 31.5 Å². The van der Waals surface area contributed by atoms with E-state index in [4.69, 9.17) is 44.9 Å². The Labute approximate surface area is 279 Å². The first-order valence-electron chi connectivity index (χ1n) is 15.0.